The lowest BCUT2D eigenvalue weighted by Crippen LogP contribution is -2.40. The van der Waals surface area contributed by atoms with Gasteiger partial charge in [-0.3, -0.25) is 0 Å². The molecule has 2 heterocycles. The molecule has 20 heavy (non-hydrogen) atoms. The number of hydrogen-bond donors (Lipinski definition) is 1. The molecule has 1 saturated heterocycles. The molecule has 0 aromatic carbocycles. The summed E-state index contributed by atoms with van der Waals surface area (Å²) in [7, 11) is -2.83. The van der Waals surface area contributed by atoms with E-state index in [0.29, 0.717) is 19.0 Å². The quantitative estimate of drug-likeness (QED) is 0.880. The van der Waals surface area contributed by atoms with Gasteiger partial charge in [0.2, 0.25) is 0 Å². The van der Waals surface area contributed by atoms with Gasteiger partial charge in [-0.05, 0) is 24.1 Å². The van der Waals surface area contributed by atoms with Gasteiger partial charge in [-0.25, -0.2) is 13.4 Å². The lowest BCUT2D eigenvalue weighted by Gasteiger charge is -2.27. The van der Waals surface area contributed by atoms with E-state index in [2.05, 4.69) is 30.2 Å². The average Bonchev–Trinajstić information content (AvgIpc) is 2.39. The van der Waals surface area contributed by atoms with Crippen LogP contribution in [0.15, 0.2) is 18.3 Å². The Morgan fingerprint density at radius 3 is 2.55 bits per heavy atom. The number of rotatable bonds is 5. The molecule has 1 aromatic rings. The minimum Gasteiger partial charge on any atom is -0.355 e. The van der Waals surface area contributed by atoms with Crippen molar-refractivity contribution in [2.75, 3.05) is 36.0 Å². The average molecular weight is 297 g/mol. The smallest absolute Gasteiger partial charge is 0.153 e. The molecule has 0 bridgehead atoms. The maximum atomic E-state index is 11.4. The highest BCUT2D eigenvalue weighted by atomic mass is 32.2. The van der Waals surface area contributed by atoms with Crippen LogP contribution in [-0.4, -0.2) is 44.5 Å². The highest BCUT2D eigenvalue weighted by Gasteiger charge is 2.22. The second kappa shape index (κ2) is 6.54. The molecule has 2 rings (SSSR count). The fraction of sp³-hybridized carbons (Fsp3) is 0.643. The van der Waals surface area contributed by atoms with Crippen LogP contribution in [0, 0.1) is 5.92 Å². The summed E-state index contributed by atoms with van der Waals surface area (Å²) >= 11 is 0. The summed E-state index contributed by atoms with van der Waals surface area (Å²) in [4.78, 5) is 6.47. The van der Waals surface area contributed by atoms with Crippen LogP contribution in [0.3, 0.4) is 0 Å². The maximum absolute atomic E-state index is 11.4. The zero-order valence-electron chi connectivity index (χ0n) is 12.2. The Hall–Kier alpha value is -1.14. The van der Waals surface area contributed by atoms with Crippen LogP contribution in [0.4, 0.5) is 5.82 Å². The SMILES string of the molecule is CC(C)CNCc1ccc(N2CCS(=O)(=O)CC2)nc1. The van der Waals surface area contributed by atoms with Crippen LogP contribution in [0.5, 0.6) is 0 Å². The highest BCUT2D eigenvalue weighted by Crippen LogP contribution is 2.14. The summed E-state index contributed by atoms with van der Waals surface area (Å²) < 4.78 is 22.8. The van der Waals surface area contributed by atoms with Gasteiger partial charge in [-0.15, -0.1) is 0 Å². The molecule has 6 heteroatoms. The van der Waals surface area contributed by atoms with Gasteiger partial charge in [0.05, 0.1) is 11.5 Å². The van der Waals surface area contributed by atoms with E-state index in [1.165, 1.54) is 0 Å². The molecular formula is C14H23N3O2S. The predicted molar refractivity (Wildman–Crippen MR) is 81.6 cm³/mol. The minimum absolute atomic E-state index is 0.229. The van der Waals surface area contributed by atoms with Crippen molar-refractivity contribution >= 4 is 15.7 Å². The van der Waals surface area contributed by atoms with Gasteiger partial charge in [0, 0.05) is 25.8 Å². The molecular weight excluding hydrogens is 274 g/mol. The van der Waals surface area contributed by atoms with E-state index < -0.39 is 9.84 Å². The largest absolute Gasteiger partial charge is 0.355 e. The van der Waals surface area contributed by atoms with Crippen molar-refractivity contribution in [3.8, 4) is 0 Å². The molecule has 5 nitrogen and oxygen atoms in total. The Balaban J connectivity index is 1.88. The molecule has 0 atom stereocenters. The van der Waals surface area contributed by atoms with E-state index in [1.807, 2.05) is 17.2 Å². The van der Waals surface area contributed by atoms with Crippen LogP contribution < -0.4 is 10.2 Å². The molecule has 1 N–H and O–H groups in total. The summed E-state index contributed by atoms with van der Waals surface area (Å²) in [6, 6.07) is 4.03. The first-order valence-corrected chi connectivity index (χ1v) is 8.89. The summed E-state index contributed by atoms with van der Waals surface area (Å²) in [5, 5.41) is 3.38. The van der Waals surface area contributed by atoms with E-state index in [4.69, 9.17) is 0 Å². The van der Waals surface area contributed by atoms with Crippen molar-refractivity contribution in [1.29, 1.82) is 0 Å². The molecule has 1 aliphatic heterocycles. The van der Waals surface area contributed by atoms with E-state index in [0.717, 1.165) is 24.5 Å². The fourth-order valence-electron chi connectivity index (χ4n) is 2.16. The third kappa shape index (κ3) is 4.45. The Kier molecular flexibility index (Phi) is 4.99. The van der Waals surface area contributed by atoms with Crippen molar-refractivity contribution in [2.45, 2.75) is 20.4 Å². The first-order chi connectivity index (χ1) is 9.46. The number of sulfone groups is 1. The van der Waals surface area contributed by atoms with E-state index in [9.17, 15) is 8.42 Å². The van der Waals surface area contributed by atoms with Gasteiger partial charge in [0.25, 0.3) is 0 Å². The van der Waals surface area contributed by atoms with E-state index >= 15 is 0 Å². The van der Waals surface area contributed by atoms with Crippen molar-refractivity contribution < 1.29 is 8.42 Å². The molecule has 1 fully saturated rings. The van der Waals surface area contributed by atoms with E-state index in [-0.39, 0.29) is 11.5 Å². The molecule has 0 amide bonds. The number of nitrogens with zero attached hydrogens (tertiary/aromatic N) is 2. The monoisotopic (exact) mass is 297 g/mol. The lowest BCUT2D eigenvalue weighted by atomic mass is 10.2. The molecule has 112 valence electrons. The first-order valence-electron chi connectivity index (χ1n) is 7.07. The van der Waals surface area contributed by atoms with Gasteiger partial charge in [-0.1, -0.05) is 19.9 Å². The Morgan fingerprint density at radius 1 is 1.30 bits per heavy atom. The number of nitrogens with one attached hydrogen (secondary N) is 1. The zero-order valence-corrected chi connectivity index (χ0v) is 13.0. The molecule has 1 aromatic heterocycles. The minimum atomic E-state index is -2.83. The number of hydrogen-bond acceptors (Lipinski definition) is 5. The predicted octanol–water partition coefficient (Wildman–Crippen LogP) is 1.06. The first kappa shape index (κ1) is 15.3. The summed E-state index contributed by atoms with van der Waals surface area (Å²) in [6.07, 6.45) is 1.87. The van der Waals surface area contributed by atoms with Crippen molar-refractivity contribution in [1.82, 2.24) is 10.3 Å². The molecule has 0 aliphatic carbocycles. The van der Waals surface area contributed by atoms with Gasteiger partial charge < -0.3 is 10.2 Å². The highest BCUT2D eigenvalue weighted by molar-refractivity contribution is 7.91. The van der Waals surface area contributed by atoms with Gasteiger partial charge in [0.15, 0.2) is 9.84 Å². The second-order valence-electron chi connectivity index (χ2n) is 5.69. The van der Waals surface area contributed by atoms with Gasteiger partial charge in [0.1, 0.15) is 5.82 Å². The zero-order chi connectivity index (χ0) is 14.6. The third-order valence-corrected chi connectivity index (χ3v) is 4.97. The summed E-state index contributed by atoms with van der Waals surface area (Å²) in [6.45, 7) is 7.25. The molecule has 0 unspecified atom stereocenters. The Morgan fingerprint density at radius 2 is 2.00 bits per heavy atom. The topological polar surface area (TPSA) is 62.3 Å². The molecule has 1 aliphatic rings. The number of pyridine rings is 1. The van der Waals surface area contributed by atoms with E-state index in [1.54, 1.807) is 0 Å². The maximum Gasteiger partial charge on any atom is 0.153 e. The normalized spacial score (nSPS) is 18.4. The second-order valence-corrected chi connectivity index (χ2v) is 7.99. The van der Waals surface area contributed by atoms with Crippen LogP contribution in [0.2, 0.25) is 0 Å². The number of anilines is 1. The van der Waals surface area contributed by atoms with Crippen molar-refractivity contribution in [3.63, 3.8) is 0 Å². The van der Waals surface area contributed by atoms with Gasteiger partial charge >= 0.3 is 0 Å². The molecule has 0 radical (unpaired) electrons. The van der Waals surface area contributed by atoms with Crippen molar-refractivity contribution in [2.24, 2.45) is 5.92 Å². The molecule has 0 saturated carbocycles. The van der Waals surface area contributed by atoms with Crippen LogP contribution in [-0.2, 0) is 16.4 Å². The number of aromatic nitrogens is 1. The Labute approximate surface area is 121 Å². The Bertz CT molecular complexity index is 512. The van der Waals surface area contributed by atoms with Crippen LogP contribution >= 0.6 is 0 Å². The third-order valence-electron chi connectivity index (χ3n) is 3.36. The van der Waals surface area contributed by atoms with Crippen LogP contribution in [0.25, 0.3) is 0 Å². The van der Waals surface area contributed by atoms with Crippen molar-refractivity contribution in [3.05, 3.63) is 23.9 Å². The lowest BCUT2D eigenvalue weighted by molar-refractivity contribution is 0.552. The summed E-state index contributed by atoms with van der Waals surface area (Å²) in [5.74, 6) is 1.96. The van der Waals surface area contributed by atoms with Crippen LogP contribution in [0.1, 0.15) is 19.4 Å². The van der Waals surface area contributed by atoms with Gasteiger partial charge in [-0.2, -0.15) is 0 Å². The molecule has 0 spiro atoms. The fourth-order valence-corrected chi connectivity index (χ4v) is 3.36. The summed E-state index contributed by atoms with van der Waals surface area (Å²) in [5.41, 5.74) is 1.15. The standard InChI is InChI=1S/C14H23N3O2S/c1-12(2)9-15-10-13-3-4-14(16-11-13)17-5-7-20(18,19)8-6-17/h3-4,11-12,15H,5-10H2,1-2H3.